The second-order valence-corrected chi connectivity index (χ2v) is 1.75. The van der Waals surface area contributed by atoms with Gasteiger partial charge in [0, 0.05) is 41.4 Å². The van der Waals surface area contributed by atoms with Gasteiger partial charge in [-0.3, -0.25) is 0 Å². The minimum Gasteiger partial charge on any atom is -0.397 e. The molecule has 1 heterocycles. The summed E-state index contributed by atoms with van der Waals surface area (Å²) in [5, 5.41) is 23.4. The molecule has 0 bridgehead atoms. The van der Waals surface area contributed by atoms with Crippen LogP contribution >= 0.6 is 0 Å². The molecule has 0 aromatic rings. The molecule has 0 spiro atoms. The molecule has 0 radical (unpaired) electrons. The Morgan fingerprint density at radius 3 is 1.38 bits per heavy atom. The van der Waals surface area contributed by atoms with Crippen LogP contribution in [0.15, 0.2) is 0 Å². The van der Waals surface area contributed by atoms with Crippen LogP contribution in [0.1, 0.15) is 20.3 Å². The van der Waals surface area contributed by atoms with Gasteiger partial charge in [0.1, 0.15) is 0 Å². The fourth-order valence-electron chi connectivity index (χ4n) is 0.223. The third kappa shape index (κ3) is 32.6. The van der Waals surface area contributed by atoms with Gasteiger partial charge in [0.25, 0.3) is 0 Å². The molecule has 0 aliphatic carbocycles. The second kappa shape index (κ2) is 22.9. The van der Waals surface area contributed by atoms with Crippen LogP contribution in [0, 0.1) is 7.43 Å². The summed E-state index contributed by atoms with van der Waals surface area (Å²) in [6.07, 6.45) is 0.384. The van der Waals surface area contributed by atoms with Gasteiger partial charge >= 0.3 is 0 Å². The van der Waals surface area contributed by atoms with Gasteiger partial charge in [-0.2, -0.15) is 0 Å². The van der Waals surface area contributed by atoms with Crippen molar-refractivity contribution >= 4 is 0 Å². The SMILES string of the molecule is CCO.CCO.OC1CCO1.[CH3-].[Ti]. The van der Waals surface area contributed by atoms with Crippen LogP contribution < -0.4 is 0 Å². The Bertz CT molecular complexity index is 58.1. The third-order valence-corrected chi connectivity index (χ3v) is 0.675. The van der Waals surface area contributed by atoms with Crippen molar-refractivity contribution in [3.63, 3.8) is 0 Å². The molecule has 0 saturated carbocycles. The van der Waals surface area contributed by atoms with Crippen LogP contribution in [0.25, 0.3) is 0 Å². The molecule has 82 valence electrons. The van der Waals surface area contributed by atoms with E-state index in [-0.39, 0.29) is 42.4 Å². The van der Waals surface area contributed by atoms with Gasteiger partial charge < -0.3 is 27.5 Å². The molecule has 3 N–H and O–H groups in total. The van der Waals surface area contributed by atoms with Crippen molar-refractivity contribution in [3.05, 3.63) is 7.43 Å². The van der Waals surface area contributed by atoms with E-state index < -0.39 is 6.29 Å². The Hall–Kier alpha value is 0.554. The molecule has 0 amide bonds. The standard InChI is InChI=1S/C3H6O2.2C2H6O.CH3.Ti/c4-3-1-2-5-3;2*1-2-3;;/h3-4H,1-2H2;2*3H,2H2,1H3;1H3;/q;;;-1;. The van der Waals surface area contributed by atoms with Gasteiger partial charge in [0.15, 0.2) is 6.29 Å². The maximum Gasteiger partial charge on any atom is 0.156 e. The van der Waals surface area contributed by atoms with E-state index >= 15 is 0 Å². The van der Waals surface area contributed by atoms with Gasteiger partial charge in [-0.05, 0) is 13.8 Å². The maximum atomic E-state index is 8.23. The third-order valence-electron chi connectivity index (χ3n) is 0.675. The molecule has 1 fully saturated rings. The largest absolute Gasteiger partial charge is 0.397 e. The first-order chi connectivity index (χ1) is 5.22. The molecule has 1 atom stereocenters. The first-order valence-corrected chi connectivity index (χ1v) is 3.74. The fraction of sp³-hybridized carbons (Fsp3) is 0.875. The van der Waals surface area contributed by atoms with Gasteiger partial charge in [-0.25, -0.2) is 0 Å². The quantitative estimate of drug-likeness (QED) is 0.409. The summed E-state index contributed by atoms with van der Waals surface area (Å²) in [6, 6.07) is 0. The molecule has 4 nitrogen and oxygen atoms in total. The summed E-state index contributed by atoms with van der Waals surface area (Å²) in [7, 11) is 0. The van der Waals surface area contributed by atoms with Crippen LogP contribution in [0.3, 0.4) is 0 Å². The van der Waals surface area contributed by atoms with E-state index in [9.17, 15) is 0 Å². The van der Waals surface area contributed by atoms with E-state index in [2.05, 4.69) is 4.74 Å². The van der Waals surface area contributed by atoms with Crippen molar-refractivity contribution in [2.24, 2.45) is 0 Å². The van der Waals surface area contributed by atoms with Crippen LogP contribution in [-0.2, 0) is 26.5 Å². The predicted molar refractivity (Wildman–Crippen MR) is 48.5 cm³/mol. The van der Waals surface area contributed by atoms with E-state index in [1.165, 1.54) is 0 Å². The Morgan fingerprint density at radius 1 is 1.23 bits per heavy atom. The number of rotatable bonds is 0. The first kappa shape index (κ1) is 23.4. The summed E-state index contributed by atoms with van der Waals surface area (Å²) in [6.45, 7) is 4.60. The summed E-state index contributed by atoms with van der Waals surface area (Å²) in [4.78, 5) is 0. The van der Waals surface area contributed by atoms with E-state index in [4.69, 9.17) is 15.3 Å². The van der Waals surface area contributed by atoms with E-state index in [0.717, 1.165) is 13.0 Å². The van der Waals surface area contributed by atoms with E-state index in [0.29, 0.717) is 0 Å². The topological polar surface area (TPSA) is 69.9 Å². The zero-order valence-corrected chi connectivity index (χ0v) is 10.2. The maximum absolute atomic E-state index is 8.23. The predicted octanol–water partition coefficient (Wildman–Crippen LogP) is 0.170. The molecule has 1 unspecified atom stereocenters. The number of ether oxygens (including phenoxy) is 1. The van der Waals surface area contributed by atoms with Crippen LogP contribution in [0.4, 0.5) is 0 Å². The Balaban J connectivity index is -0.0000000461. The number of hydrogen-bond donors (Lipinski definition) is 3. The smallest absolute Gasteiger partial charge is 0.156 e. The van der Waals surface area contributed by atoms with Crippen molar-refractivity contribution in [2.45, 2.75) is 26.6 Å². The molecule has 1 saturated heterocycles. The average molecular weight is 229 g/mol. The normalized spacial score (nSPS) is 16.8. The molecule has 1 aliphatic heterocycles. The fourth-order valence-corrected chi connectivity index (χ4v) is 0.223. The molecule has 0 aromatic carbocycles. The average Bonchev–Trinajstić information content (AvgIpc) is 1.87. The Kier molecular flexibility index (Phi) is 41.2. The van der Waals surface area contributed by atoms with Crippen LogP contribution in [0.5, 0.6) is 0 Å². The van der Waals surface area contributed by atoms with E-state index in [1.807, 2.05) is 0 Å². The van der Waals surface area contributed by atoms with Gasteiger partial charge in [0.2, 0.25) is 0 Å². The van der Waals surface area contributed by atoms with Crippen molar-refractivity contribution < 1.29 is 41.8 Å². The van der Waals surface area contributed by atoms with Crippen molar-refractivity contribution in [3.8, 4) is 0 Å². The van der Waals surface area contributed by atoms with Gasteiger partial charge in [-0.1, -0.05) is 0 Å². The molecule has 0 aromatic heterocycles. The minimum atomic E-state index is -0.435. The number of hydrogen-bond acceptors (Lipinski definition) is 4. The first-order valence-electron chi connectivity index (χ1n) is 3.74. The summed E-state index contributed by atoms with van der Waals surface area (Å²) >= 11 is 0. The Labute approximate surface area is 95.8 Å². The summed E-state index contributed by atoms with van der Waals surface area (Å²) in [5.74, 6) is 0. The van der Waals surface area contributed by atoms with Gasteiger partial charge in [-0.15, -0.1) is 0 Å². The molecular formula is C8H21O4Ti-. The molecular weight excluding hydrogens is 208 g/mol. The molecule has 13 heavy (non-hydrogen) atoms. The summed E-state index contributed by atoms with van der Waals surface area (Å²) in [5.41, 5.74) is 0. The monoisotopic (exact) mass is 229 g/mol. The Morgan fingerprint density at radius 2 is 1.38 bits per heavy atom. The van der Waals surface area contributed by atoms with Gasteiger partial charge in [0.05, 0.1) is 6.61 Å². The second-order valence-electron chi connectivity index (χ2n) is 1.75. The number of aliphatic hydroxyl groups excluding tert-OH is 3. The molecule has 1 rings (SSSR count). The minimum absolute atomic E-state index is 0. The van der Waals surface area contributed by atoms with Crippen molar-refractivity contribution in [2.75, 3.05) is 19.8 Å². The van der Waals surface area contributed by atoms with E-state index in [1.54, 1.807) is 13.8 Å². The molecule has 5 heteroatoms. The van der Waals surface area contributed by atoms with Crippen LogP contribution in [0.2, 0.25) is 0 Å². The number of aliphatic hydroxyl groups is 3. The molecule has 1 aliphatic rings. The van der Waals surface area contributed by atoms with Crippen molar-refractivity contribution in [1.29, 1.82) is 0 Å². The zero-order chi connectivity index (χ0) is 9.11. The zero-order valence-electron chi connectivity index (χ0n) is 8.66. The van der Waals surface area contributed by atoms with Crippen LogP contribution in [-0.4, -0.2) is 41.4 Å². The summed E-state index contributed by atoms with van der Waals surface area (Å²) < 4.78 is 4.49. The van der Waals surface area contributed by atoms with Crippen molar-refractivity contribution in [1.82, 2.24) is 0 Å².